The van der Waals surface area contributed by atoms with Gasteiger partial charge < -0.3 is 15.6 Å². The Morgan fingerprint density at radius 1 is 1.43 bits per heavy atom. The van der Waals surface area contributed by atoms with Gasteiger partial charge >= 0.3 is 5.97 Å². The van der Waals surface area contributed by atoms with Crippen LogP contribution in [0.3, 0.4) is 0 Å². The van der Waals surface area contributed by atoms with Crippen molar-refractivity contribution in [3.63, 3.8) is 0 Å². The number of benzene rings is 1. The predicted molar refractivity (Wildman–Crippen MR) is 54.8 cm³/mol. The first-order valence-corrected chi connectivity index (χ1v) is 3.86. The summed E-state index contributed by atoms with van der Waals surface area (Å²) in [6.07, 6.45) is 0. The van der Waals surface area contributed by atoms with E-state index in [0.717, 1.165) is 0 Å². The van der Waals surface area contributed by atoms with Gasteiger partial charge in [-0.3, -0.25) is 4.79 Å². The number of carbonyl (C=O) groups is 1. The summed E-state index contributed by atoms with van der Waals surface area (Å²) in [4.78, 5) is 10.3. The van der Waals surface area contributed by atoms with Crippen LogP contribution in [0.2, 0.25) is 0 Å². The number of para-hydroxylation sites is 1. The summed E-state index contributed by atoms with van der Waals surface area (Å²) in [6.45, 7) is -0.0145. The molecule has 5 heteroatoms. The molecule has 1 aromatic carbocycles. The molecule has 0 amide bonds. The maximum absolute atomic E-state index is 10.3. The average molecular weight is 218 g/mol. The first-order valence-electron chi connectivity index (χ1n) is 3.86. The largest absolute Gasteiger partial charge is 0.491 e. The van der Waals surface area contributed by atoms with Gasteiger partial charge in [-0.15, -0.1) is 12.4 Å². The molecule has 1 rings (SSSR count). The fourth-order valence-electron chi connectivity index (χ4n) is 0.774. The highest BCUT2D eigenvalue weighted by Crippen LogP contribution is 2.07. The third-order valence-corrected chi connectivity index (χ3v) is 1.49. The van der Waals surface area contributed by atoms with Gasteiger partial charge in [0.15, 0.2) is 0 Å². The van der Waals surface area contributed by atoms with Gasteiger partial charge in [0.25, 0.3) is 0 Å². The van der Waals surface area contributed by atoms with Crippen LogP contribution in [0.4, 0.5) is 0 Å². The number of aliphatic carboxylic acids is 1. The second-order valence-corrected chi connectivity index (χ2v) is 2.57. The van der Waals surface area contributed by atoms with E-state index in [4.69, 9.17) is 15.6 Å². The molecular formula is C9H12ClNO3. The van der Waals surface area contributed by atoms with Crippen LogP contribution in [-0.4, -0.2) is 23.7 Å². The number of hydrogen-bond donors (Lipinski definition) is 2. The summed E-state index contributed by atoms with van der Waals surface area (Å²) in [7, 11) is 0. The van der Waals surface area contributed by atoms with Crippen molar-refractivity contribution < 1.29 is 14.6 Å². The first kappa shape index (κ1) is 12.7. The molecule has 4 nitrogen and oxygen atoms in total. The molecule has 0 unspecified atom stereocenters. The molecule has 0 bridgehead atoms. The van der Waals surface area contributed by atoms with E-state index in [0.29, 0.717) is 5.75 Å². The van der Waals surface area contributed by atoms with Gasteiger partial charge in [0, 0.05) is 0 Å². The molecule has 1 aromatic rings. The van der Waals surface area contributed by atoms with Crippen molar-refractivity contribution in [2.45, 2.75) is 6.04 Å². The highest BCUT2D eigenvalue weighted by Gasteiger charge is 2.11. The maximum atomic E-state index is 10.3. The number of carboxylic acid groups (broad SMARTS) is 1. The smallest absolute Gasteiger partial charge is 0.324 e. The van der Waals surface area contributed by atoms with Gasteiger partial charge in [-0.25, -0.2) is 0 Å². The summed E-state index contributed by atoms with van der Waals surface area (Å²) in [5, 5.41) is 8.46. The Balaban J connectivity index is 0.00000169. The minimum absolute atomic E-state index is 0. The van der Waals surface area contributed by atoms with Gasteiger partial charge in [0.05, 0.1) is 0 Å². The molecule has 0 aliphatic rings. The van der Waals surface area contributed by atoms with E-state index in [1.165, 1.54) is 0 Å². The fourth-order valence-corrected chi connectivity index (χ4v) is 0.774. The van der Waals surface area contributed by atoms with Crippen LogP contribution in [0.1, 0.15) is 0 Å². The number of hydrogen-bond acceptors (Lipinski definition) is 3. The highest BCUT2D eigenvalue weighted by atomic mass is 35.5. The van der Waals surface area contributed by atoms with Crippen molar-refractivity contribution in [3.8, 4) is 5.75 Å². The van der Waals surface area contributed by atoms with Crippen LogP contribution in [0.5, 0.6) is 5.75 Å². The van der Waals surface area contributed by atoms with E-state index in [1.807, 2.05) is 18.2 Å². The first-order chi connectivity index (χ1) is 6.20. The molecule has 0 heterocycles. The van der Waals surface area contributed by atoms with Gasteiger partial charge in [-0.2, -0.15) is 0 Å². The minimum atomic E-state index is -1.06. The number of halogens is 1. The molecule has 0 aliphatic carbocycles. The Bertz CT molecular complexity index is 279. The molecular weight excluding hydrogens is 206 g/mol. The summed E-state index contributed by atoms with van der Waals surface area (Å²) in [5.41, 5.74) is 5.24. The molecule has 14 heavy (non-hydrogen) atoms. The predicted octanol–water partition coefficient (Wildman–Crippen LogP) is 0.899. The second-order valence-electron chi connectivity index (χ2n) is 2.57. The highest BCUT2D eigenvalue weighted by molar-refractivity contribution is 5.85. The van der Waals surface area contributed by atoms with E-state index in [2.05, 4.69) is 0 Å². The standard InChI is InChI=1S/C9H11NO3.ClH/c10-8(9(11)12)6-13-7-4-2-1-3-5-7;/h1-5,8H,6,10H2,(H,11,12);1H/t8-;/m0./s1. The van der Waals surface area contributed by atoms with Crippen LogP contribution in [-0.2, 0) is 4.79 Å². The lowest BCUT2D eigenvalue weighted by Gasteiger charge is -2.08. The second kappa shape index (κ2) is 6.23. The van der Waals surface area contributed by atoms with Crippen molar-refractivity contribution >= 4 is 18.4 Å². The molecule has 0 radical (unpaired) electrons. The average Bonchev–Trinajstić information content (AvgIpc) is 2.15. The molecule has 0 saturated carbocycles. The van der Waals surface area contributed by atoms with Crippen molar-refractivity contribution in [3.05, 3.63) is 30.3 Å². The molecule has 3 N–H and O–H groups in total. The van der Waals surface area contributed by atoms with E-state index in [9.17, 15) is 4.79 Å². The summed E-state index contributed by atoms with van der Waals surface area (Å²) in [6, 6.07) is 7.98. The fraction of sp³-hybridized carbons (Fsp3) is 0.222. The number of carboxylic acids is 1. The van der Waals surface area contributed by atoms with Crippen molar-refractivity contribution in [1.29, 1.82) is 0 Å². The molecule has 0 spiro atoms. The summed E-state index contributed by atoms with van der Waals surface area (Å²) < 4.78 is 5.12. The van der Waals surface area contributed by atoms with Crippen LogP contribution in [0.25, 0.3) is 0 Å². The van der Waals surface area contributed by atoms with Gasteiger partial charge in [-0.05, 0) is 12.1 Å². The lowest BCUT2D eigenvalue weighted by atomic mass is 10.3. The zero-order chi connectivity index (χ0) is 9.68. The maximum Gasteiger partial charge on any atom is 0.324 e. The lowest BCUT2D eigenvalue weighted by Crippen LogP contribution is -2.36. The van der Waals surface area contributed by atoms with Crippen molar-refractivity contribution in [1.82, 2.24) is 0 Å². The Morgan fingerprint density at radius 3 is 2.50 bits per heavy atom. The van der Waals surface area contributed by atoms with Crippen molar-refractivity contribution in [2.75, 3.05) is 6.61 Å². The lowest BCUT2D eigenvalue weighted by molar-refractivity contribution is -0.139. The van der Waals surface area contributed by atoms with Crippen LogP contribution < -0.4 is 10.5 Å². The Morgan fingerprint density at radius 2 is 2.00 bits per heavy atom. The van der Waals surface area contributed by atoms with E-state index >= 15 is 0 Å². The molecule has 1 atom stereocenters. The molecule has 78 valence electrons. The number of rotatable bonds is 4. The zero-order valence-electron chi connectivity index (χ0n) is 7.42. The molecule has 0 fully saturated rings. The SMILES string of the molecule is Cl.N[C@@H](COc1ccccc1)C(=O)O. The van der Waals surface area contributed by atoms with E-state index in [1.54, 1.807) is 12.1 Å². The quantitative estimate of drug-likeness (QED) is 0.786. The Kier molecular flexibility index (Phi) is 5.67. The van der Waals surface area contributed by atoms with Crippen LogP contribution in [0.15, 0.2) is 30.3 Å². The minimum Gasteiger partial charge on any atom is -0.491 e. The zero-order valence-corrected chi connectivity index (χ0v) is 8.24. The Hall–Kier alpha value is -1.26. The monoisotopic (exact) mass is 217 g/mol. The summed E-state index contributed by atoms with van der Waals surface area (Å²) >= 11 is 0. The summed E-state index contributed by atoms with van der Waals surface area (Å²) in [5.74, 6) is -0.435. The van der Waals surface area contributed by atoms with E-state index in [-0.39, 0.29) is 19.0 Å². The molecule has 0 aromatic heterocycles. The van der Waals surface area contributed by atoms with Gasteiger partial charge in [0.1, 0.15) is 18.4 Å². The van der Waals surface area contributed by atoms with Crippen molar-refractivity contribution in [2.24, 2.45) is 5.73 Å². The number of nitrogens with two attached hydrogens (primary N) is 1. The van der Waals surface area contributed by atoms with Crippen LogP contribution in [0, 0.1) is 0 Å². The van der Waals surface area contributed by atoms with Crippen LogP contribution >= 0.6 is 12.4 Å². The van der Waals surface area contributed by atoms with E-state index < -0.39 is 12.0 Å². The molecule has 0 aliphatic heterocycles. The topological polar surface area (TPSA) is 72.5 Å². The third kappa shape index (κ3) is 4.11. The Labute approximate surface area is 88.1 Å². The number of ether oxygens (including phenoxy) is 1. The molecule has 0 saturated heterocycles. The normalized spacial score (nSPS) is 11.2. The third-order valence-electron chi connectivity index (χ3n) is 1.49. The van der Waals surface area contributed by atoms with Gasteiger partial charge in [-0.1, -0.05) is 18.2 Å². The van der Waals surface area contributed by atoms with Gasteiger partial charge in [0.2, 0.25) is 0 Å².